The number of aliphatic carboxylic acids is 1. The maximum atomic E-state index is 10.3. The van der Waals surface area contributed by atoms with Crippen molar-refractivity contribution >= 4 is 23.3 Å². The second-order valence-corrected chi connectivity index (χ2v) is 3.61. The summed E-state index contributed by atoms with van der Waals surface area (Å²) in [6.07, 6.45) is 0.613. The average molecular weight is 239 g/mol. The van der Waals surface area contributed by atoms with E-state index in [2.05, 4.69) is 5.32 Å². The lowest BCUT2D eigenvalue weighted by molar-refractivity contribution is -0.137. The lowest BCUT2D eigenvalue weighted by atomic mass is 10.2. The van der Waals surface area contributed by atoms with E-state index in [-0.39, 0.29) is 6.42 Å². The first-order valence-corrected chi connectivity index (χ1v) is 5.17. The van der Waals surface area contributed by atoms with E-state index in [0.717, 1.165) is 0 Å². The molecular weight excluding hydrogens is 228 g/mol. The van der Waals surface area contributed by atoms with Gasteiger partial charge in [0.1, 0.15) is 6.07 Å². The number of nitrogens with one attached hydrogen (secondary N) is 1. The number of rotatable bonds is 5. The Morgan fingerprint density at radius 1 is 1.56 bits per heavy atom. The maximum absolute atomic E-state index is 10.3. The summed E-state index contributed by atoms with van der Waals surface area (Å²) in [6.45, 7) is 0.501. The molecule has 0 aliphatic heterocycles. The predicted octanol–water partition coefficient (Wildman–Crippen LogP) is 2.49. The second kappa shape index (κ2) is 5.99. The van der Waals surface area contributed by atoms with Crippen molar-refractivity contribution in [3.8, 4) is 6.07 Å². The number of carboxylic acids is 1. The van der Waals surface area contributed by atoms with Gasteiger partial charge in [-0.15, -0.1) is 0 Å². The maximum Gasteiger partial charge on any atom is 0.303 e. The monoisotopic (exact) mass is 238 g/mol. The number of nitriles is 1. The number of nitrogens with zero attached hydrogens (tertiary/aromatic N) is 1. The van der Waals surface area contributed by atoms with E-state index in [9.17, 15) is 4.79 Å². The van der Waals surface area contributed by atoms with Crippen molar-refractivity contribution in [3.05, 3.63) is 28.8 Å². The Hall–Kier alpha value is -1.73. The zero-order valence-corrected chi connectivity index (χ0v) is 9.29. The average Bonchev–Trinajstić information content (AvgIpc) is 2.24. The second-order valence-electron chi connectivity index (χ2n) is 3.20. The van der Waals surface area contributed by atoms with Gasteiger partial charge in [0.2, 0.25) is 0 Å². The quantitative estimate of drug-likeness (QED) is 0.773. The molecule has 0 saturated carbocycles. The fourth-order valence-electron chi connectivity index (χ4n) is 1.25. The fourth-order valence-corrected chi connectivity index (χ4v) is 1.46. The van der Waals surface area contributed by atoms with Crippen LogP contribution in [-0.4, -0.2) is 17.6 Å². The molecule has 0 saturated heterocycles. The van der Waals surface area contributed by atoms with E-state index in [4.69, 9.17) is 22.0 Å². The summed E-state index contributed by atoms with van der Waals surface area (Å²) in [5.74, 6) is -0.826. The molecule has 0 unspecified atom stereocenters. The topological polar surface area (TPSA) is 73.1 Å². The Kier molecular flexibility index (Phi) is 4.62. The standard InChI is InChI=1S/C11H11ClN2O2/c12-9-3-1-4-10(8(9)7-13)14-6-2-5-11(15)16/h1,3-4,14H,2,5-6H2,(H,15,16). The molecule has 5 heteroatoms. The van der Waals surface area contributed by atoms with Crippen LogP contribution in [-0.2, 0) is 4.79 Å². The molecule has 0 radical (unpaired) electrons. The minimum atomic E-state index is -0.826. The number of benzene rings is 1. The van der Waals surface area contributed by atoms with Crippen LogP contribution in [0.2, 0.25) is 5.02 Å². The van der Waals surface area contributed by atoms with E-state index in [0.29, 0.717) is 29.2 Å². The third-order valence-corrected chi connectivity index (χ3v) is 2.32. The molecule has 0 atom stereocenters. The normalized spacial score (nSPS) is 9.50. The van der Waals surface area contributed by atoms with Gasteiger partial charge in [-0.1, -0.05) is 17.7 Å². The number of halogens is 1. The summed E-state index contributed by atoms with van der Waals surface area (Å²) in [7, 11) is 0. The van der Waals surface area contributed by atoms with Crippen LogP contribution in [0.25, 0.3) is 0 Å². The Balaban J connectivity index is 2.58. The van der Waals surface area contributed by atoms with Crippen molar-refractivity contribution in [2.24, 2.45) is 0 Å². The molecule has 16 heavy (non-hydrogen) atoms. The number of anilines is 1. The van der Waals surface area contributed by atoms with Gasteiger partial charge in [0.15, 0.2) is 0 Å². The van der Waals surface area contributed by atoms with Crippen molar-refractivity contribution in [2.75, 3.05) is 11.9 Å². The van der Waals surface area contributed by atoms with Gasteiger partial charge in [-0.25, -0.2) is 0 Å². The smallest absolute Gasteiger partial charge is 0.303 e. The van der Waals surface area contributed by atoms with Crippen LogP contribution in [0.15, 0.2) is 18.2 Å². The summed E-state index contributed by atoms with van der Waals surface area (Å²) in [6, 6.07) is 7.12. The molecule has 0 fully saturated rings. The summed E-state index contributed by atoms with van der Waals surface area (Å²) < 4.78 is 0. The van der Waals surface area contributed by atoms with E-state index in [1.54, 1.807) is 18.2 Å². The molecule has 0 aliphatic rings. The molecule has 2 N–H and O–H groups in total. The minimum absolute atomic E-state index is 0.107. The molecule has 0 aromatic heterocycles. The van der Waals surface area contributed by atoms with Crippen molar-refractivity contribution in [1.82, 2.24) is 0 Å². The third-order valence-electron chi connectivity index (χ3n) is 2.01. The van der Waals surface area contributed by atoms with Crippen molar-refractivity contribution in [1.29, 1.82) is 5.26 Å². The number of carboxylic acid groups (broad SMARTS) is 1. The van der Waals surface area contributed by atoms with Crippen LogP contribution in [0.5, 0.6) is 0 Å². The highest BCUT2D eigenvalue weighted by Gasteiger charge is 2.05. The summed E-state index contributed by atoms with van der Waals surface area (Å²) >= 11 is 5.84. The van der Waals surface area contributed by atoms with Crippen LogP contribution in [0.1, 0.15) is 18.4 Å². The number of carbonyl (C=O) groups is 1. The van der Waals surface area contributed by atoms with Crippen LogP contribution in [0, 0.1) is 11.3 Å². The van der Waals surface area contributed by atoms with Gasteiger partial charge in [-0.2, -0.15) is 5.26 Å². The molecule has 0 heterocycles. The molecule has 0 bridgehead atoms. The van der Waals surface area contributed by atoms with Crippen molar-refractivity contribution in [3.63, 3.8) is 0 Å². The van der Waals surface area contributed by atoms with Gasteiger partial charge < -0.3 is 10.4 Å². The van der Waals surface area contributed by atoms with Gasteiger partial charge in [-0.05, 0) is 18.6 Å². The summed E-state index contributed by atoms with van der Waals surface area (Å²) in [5.41, 5.74) is 1.03. The van der Waals surface area contributed by atoms with Crippen LogP contribution in [0.4, 0.5) is 5.69 Å². The first-order chi connectivity index (χ1) is 7.65. The predicted molar refractivity (Wildman–Crippen MR) is 61.5 cm³/mol. The molecule has 0 spiro atoms. The SMILES string of the molecule is N#Cc1c(Cl)cccc1NCCCC(=O)O. The Bertz CT molecular complexity index is 426. The van der Waals surface area contributed by atoms with Crippen molar-refractivity contribution < 1.29 is 9.90 Å². The van der Waals surface area contributed by atoms with Gasteiger partial charge in [0, 0.05) is 13.0 Å². The molecule has 1 aromatic carbocycles. The molecule has 4 nitrogen and oxygen atoms in total. The molecule has 0 aliphatic carbocycles. The number of hydrogen-bond donors (Lipinski definition) is 2. The zero-order chi connectivity index (χ0) is 12.0. The third kappa shape index (κ3) is 3.44. The van der Waals surface area contributed by atoms with Gasteiger partial charge >= 0.3 is 5.97 Å². The van der Waals surface area contributed by atoms with E-state index in [1.165, 1.54) is 0 Å². The van der Waals surface area contributed by atoms with Gasteiger partial charge in [-0.3, -0.25) is 4.79 Å². The van der Waals surface area contributed by atoms with E-state index in [1.807, 2.05) is 6.07 Å². The number of hydrogen-bond acceptors (Lipinski definition) is 3. The van der Waals surface area contributed by atoms with Crippen LogP contribution in [0.3, 0.4) is 0 Å². The minimum Gasteiger partial charge on any atom is -0.481 e. The molecular formula is C11H11ClN2O2. The molecule has 84 valence electrons. The fraction of sp³-hybridized carbons (Fsp3) is 0.273. The van der Waals surface area contributed by atoms with E-state index >= 15 is 0 Å². The first kappa shape index (κ1) is 12.3. The highest BCUT2D eigenvalue weighted by Crippen LogP contribution is 2.23. The first-order valence-electron chi connectivity index (χ1n) is 4.79. The Morgan fingerprint density at radius 2 is 2.31 bits per heavy atom. The molecule has 1 aromatic rings. The Labute approximate surface area is 98.5 Å². The molecule has 1 rings (SSSR count). The van der Waals surface area contributed by atoms with Gasteiger partial charge in [0.25, 0.3) is 0 Å². The summed E-state index contributed by atoms with van der Waals surface area (Å²) in [5, 5.41) is 20.7. The largest absolute Gasteiger partial charge is 0.481 e. The Morgan fingerprint density at radius 3 is 2.94 bits per heavy atom. The van der Waals surface area contributed by atoms with Crippen LogP contribution >= 0.6 is 11.6 Å². The van der Waals surface area contributed by atoms with E-state index < -0.39 is 5.97 Å². The lowest BCUT2D eigenvalue weighted by Crippen LogP contribution is -2.06. The molecule has 0 amide bonds. The lowest BCUT2D eigenvalue weighted by Gasteiger charge is -2.07. The summed E-state index contributed by atoms with van der Waals surface area (Å²) in [4.78, 5) is 10.3. The zero-order valence-electron chi connectivity index (χ0n) is 8.53. The highest BCUT2D eigenvalue weighted by molar-refractivity contribution is 6.32. The van der Waals surface area contributed by atoms with Gasteiger partial charge in [0.05, 0.1) is 16.3 Å². The van der Waals surface area contributed by atoms with Crippen LogP contribution < -0.4 is 5.32 Å². The highest BCUT2D eigenvalue weighted by atomic mass is 35.5. The van der Waals surface area contributed by atoms with Crippen molar-refractivity contribution in [2.45, 2.75) is 12.8 Å².